The average Bonchev–Trinajstić information content (AvgIpc) is 3.20. The minimum absolute atomic E-state index is 0.0950. The molecule has 0 aliphatic rings. The Morgan fingerprint density at radius 2 is 1.70 bits per heavy atom. The molecule has 0 spiro atoms. The minimum atomic E-state index is -3.80. The predicted octanol–water partition coefficient (Wildman–Crippen LogP) is 3.94. The Kier molecular flexibility index (Phi) is 7.14. The maximum Gasteiger partial charge on any atom is 0.252 e. The van der Waals surface area contributed by atoms with E-state index in [-0.39, 0.29) is 10.8 Å². The van der Waals surface area contributed by atoms with E-state index in [0.717, 1.165) is 26.8 Å². The van der Waals surface area contributed by atoms with Gasteiger partial charge in [0.2, 0.25) is 5.91 Å². The molecule has 0 bridgehead atoms. The molecular weight excluding hydrogens is 444 g/mol. The van der Waals surface area contributed by atoms with Crippen molar-refractivity contribution in [1.29, 1.82) is 0 Å². The van der Waals surface area contributed by atoms with Gasteiger partial charge in [-0.1, -0.05) is 54.1 Å². The maximum absolute atomic E-state index is 12.8. The molecular formula is C21H21ClN2O4S2. The maximum atomic E-state index is 12.8. The first-order chi connectivity index (χ1) is 14.3. The number of methoxy groups -OCH3 is 1. The van der Waals surface area contributed by atoms with Gasteiger partial charge in [-0.2, -0.15) is 4.31 Å². The molecule has 158 valence electrons. The van der Waals surface area contributed by atoms with E-state index in [0.29, 0.717) is 10.1 Å². The van der Waals surface area contributed by atoms with Gasteiger partial charge in [0.1, 0.15) is 9.96 Å². The molecule has 0 fully saturated rings. The van der Waals surface area contributed by atoms with Crippen LogP contribution < -0.4 is 10.1 Å². The molecule has 0 saturated carbocycles. The molecule has 1 amide bonds. The first-order valence-electron chi connectivity index (χ1n) is 9.01. The molecule has 3 aromatic rings. The number of halogens is 1. The number of nitrogens with zero attached hydrogens (tertiary/aromatic N) is 1. The van der Waals surface area contributed by atoms with Crippen LogP contribution in [0.25, 0.3) is 0 Å². The lowest BCUT2D eigenvalue weighted by atomic mass is 9.98. The van der Waals surface area contributed by atoms with Gasteiger partial charge in [-0.05, 0) is 35.4 Å². The number of hydrogen-bond donors (Lipinski definition) is 1. The number of benzene rings is 2. The Balaban J connectivity index is 1.79. The smallest absolute Gasteiger partial charge is 0.252 e. The zero-order chi connectivity index (χ0) is 21.7. The predicted molar refractivity (Wildman–Crippen MR) is 119 cm³/mol. The average molecular weight is 465 g/mol. The summed E-state index contributed by atoms with van der Waals surface area (Å²) in [5.41, 5.74) is 1.73. The molecule has 0 aliphatic carbocycles. The van der Waals surface area contributed by atoms with Crippen molar-refractivity contribution in [2.75, 3.05) is 20.7 Å². The van der Waals surface area contributed by atoms with Crippen LogP contribution >= 0.6 is 22.9 Å². The van der Waals surface area contributed by atoms with Crippen molar-refractivity contribution in [2.45, 2.75) is 10.3 Å². The summed E-state index contributed by atoms with van der Waals surface area (Å²) < 4.78 is 32.0. The highest BCUT2D eigenvalue weighted by Gasteiger charge is 2.26. The van der Waals surface area contributed by atoms with Crippen LogP contribution in [0.15, 0.2) is 70.9 Å². The first-order valence-corrected chi connectivity index (χ1v) is 11.6. The van der Waals surface area contributed by atoms with Gasteiger partial charge in [-0.15, -0.1) is 11.3 Å². The van der Waals surface area contributed by atoms with Crippen LogP contribution in [-0.4, -0.2) is 39.3 Å². The van der Waals surface area contributed by atoms with E-state index in [9.17, 15) is 13.2 Å². The van der Waals surface area contributed by atoms with Crippen molar-refractivity contribution in [3.63, 3.8) is 0 Å². The summed E-state index contributed by atoms with van der Waals surface area (Å²) in [6, 6.07) is 19.3. The highest BCUT2D eigenvalue weighted by atomic mass is 35.5. The summed E-state index contributed by atoms with van der Waals surface area (Å²) in [4.78, 5) is 12.8. The normalized spacial score (nSPS) is 12.5. The number of ether oxygens (including phenoxy) is 1. The molecule has 1 N–H and O–H groups in total. The van der Waals surface area contributed by atoms with Crippen molar-refractivity contribution in [3.05, 3.63) is 82.2 Å². The lowest BCUT2D eigenvalue weighted by molar-refractivity contribution is -0.121. The molecule has 6 nitrogen and oxygen atoms in total. The molecule has 1 atom stereocenters. The lowest BCUT2D eigenvalue weighted by Gasteiger charge is -2.22. The Bertz CT molecular complexity index is 1100. The van der Waals surface area contributed by atoms with Crippen LogP contribution in [0.4, 0.5) is 0 Å². The standard InChI is InChI=1S/C21H21ClN2O4S2/c1-24(30(26,27)20-13-12-18(22)29-20)14-19(25)23-21(15-6-4-3-5-7-15)16-8-10-17(28-2)11-9-16/h3-13,21H,14H2,1-2H3,(H,23,25)/t21-/m0/s1. The van der Waals surface area contributed by atoms with Gasteiger partial charge < -0.3 is 10.1 Å². The van der Waals surface area contributed by atoms with Crippen molar-refractivity contribution in [1.82, 2.24) is 9.62 Å². The number of rotatable bonds is 8. The third kappa shape index (κ3) is 5.20. The molecule has 0 radical (unpaired) electrons. The number of sulfonamides is 1. The van der Waals surface area contributed by atoms with Gasteiger partial charge >= 0.3 is 0 Å². The van der Waals surface area contributed by atoms with Gasteiger partial charge in [-0.25, -0.2) is 8.42 Å². The largest absolute Gasteiger partial charge is 0.497 e. The van der Waals surface area contributed by atoms with Crippen LogP contribution in [0, 0.1) is 0 Å². The quantitative estimate of drug-likeness (QED) is 0.548. The SMILES string of the molecule is COc1ccc([C@@H](NC(=O)CN(C)S(=O)(=O)c2ccc(Cl)s2)c2ccccc2)cc1. The number of carbonyl (C=O) groups is 1. The molecule has 9 heteroatoms. The molecule has 1 heterocycles. The molecule has 0 saturated heterocycles. The summed E-state index contributed by atoms with van der Waals surface area (Å²) in [7, 11) is -0.843. The summed E-state index contributed by atoms with van der Waals surface area (Å²) in [5.74, 6) is 0.283. The Morgan fingerprint density at radius 3 is 2.27 bits per heavy atom. The second-order valence-electron chi connectivity index (χ2n) is 6.50. The highest BCUT2D eigenvalue weighted by Crippen LogP contribution is 2.28. The van der Waals surface area contributed by atoms with E-state index in [1.807, 2.05) is 54.6 Å². The summed E-state index contributed by atoms with van der Waals surface area (Å²) >= 11 is 6.80. The van der Waals surface area contributed by atoms with Crippen LogP contribution in [-0.2, 0) is 14.8 Å². The van der Waals surface area contributed by atoms with E-state index in [4.69, 9.17) is 16.3 Å². The topological polar surface area (TPSA) is 75.7 Å². The number of likely N-dealkylation sites (N-methyl/N-ethyl adjacent to an activating group) is 1. The van der Waals surface area contributed by atoms with Crippen molar-refractivity contribution in [3.8, 4) is 5.75 Å². The monoisotopic (exact) mass is 464 g/mol. The Hall–Kier alpha value is -2.39. The van der Waals surface area contributed by atoms with E-state index in [2.05, 4.69) is 5.32 Å². The van der Waals surface area contributed by atoms with Crippen molar-refractivity contribution >= 4 is 38.9 Å². The van der Waals surface area contributed by atoms with Gasteiger partial charge in [0.15, 0.2) is 0 Å². The van der Waals surface area contributed by atoms with Crippen LogP contribution in [0.1, 0.15) is 17.2 Å². The fourth-order valence-electron chi connectivity index (χ4n) is 2.88. The first kappa shape index (κ1) is 22.3. The summed E-state index contributed by atoms with van der Waals surface area (Å²) in [6.45, 7) is -0.322. The van der Waals surface area contributed by atoms with Gasteiger partial charge in [-0.3, -0.25) is 4.79 Å². The fraction of sp³-hybridized carbons (Fsp3) is 0.190. The lowest BCUT2D eigenvalue weighted by Crippen LogP contribution is -2.39. The second-order valence-corrected chi connectivity index (χ2v) is 10.5. The Morgan fingerprint density at radius 1 is 1.07 bits per heavy atom. The fourth-order valence-corrected chi connectivity index (χ4v) is 5.71. The zero-order valence-electron chi connectivity index (χ0n) is 16.4. The summed E-state index contributed by atoms with van der Waals surface area (Å²) in [5, 5.41) is 2.94. The van der Waals surface area contributed by atoms with Crippen molar-refractivity contribution in [2.24, 2.45) is 0 Å². The van der Waals surface area contributed by atoms with E-state index in [1.54, 1.807) is 7.11 Å². The number of hydrogen-bond acceptors (Lipinski definition) is 5. The molecule has 2 aromatic carbocycles. The van der Waals surface area contributed by atoms with E-state index >= 15 is 0 Å². The van der Waals surface area contributed by atoms with Crippen LogP contribution in [0.3, 0.4) is 0 Å². The molecule has 0 aliphatic heterocycles. The molecule has 1 aromatic heterocycles. The molecule has 0 unspecified atom stereocenters. The number of nitrogens with one attached hydrogen (secondary N) is 1. The molecule has 30 heavy (non-hydrogen) atoms. The van der Waals surface area contributed by atoms with Gasteiger partial charge in [0.05, 0.1) is 24.0 Å². The zero-order valence-corrected chi connectivity index (χ0v) is 18.8. The minimum Gasteiger partial charge on any atom is -0.497 e. The van der Waals surface area contributed by atoms with Crippen LogP contribution in [0.5, 0.6) is 5.75 Å². The number of amides is 1. The number of thiophene rings is 1. The van der Waals surface area contributed by atoms with Crippen molar-refractivity contribution < 1.29 is 17.9 Å². The summed E-state index contributed by atoms with van der Waals surface area (Å²) in [6.07, 6.45) is 0. The van der Waals surface area contributed by atoms with Gasteiger partial charge in [0, 0.05) is 7.05 Å². The third-order valence-electron chi connectivity index (χ3n) is 4.47. The van der Waals surface area contributed by atoms with E-state index < -0.39 is 22.0 Å². The third-order valence-corrected chi connectivity index (χ3v) is 7.97. The second kappa shape index (κ2) is 9.61. The van der Waals surface area contributed by atoms with Crippen LogP contribution in [0.2, 0.25) is 4.34 Å². The number of carbonyl (C=O) groups excluding carboxylic acids is 1. The van der Waals surface area contributed by atoms with Gasteiger partial charge in [0.25, 0.3) is 10.0 Å². The van der Waals surface area contributed by atoms with E-state index in [1.165, 1.54) is 19.2 Å². The highest BCUT2D eigenvalue weighted by molar-refractivity contribution is 7.91. The Labute approximate surface area is 185 Å². The molecule has 3 rings (SSSR count).